The van der Waals surface area contributed by atoms with Gasteiger partial charge in [0.15, 0.2) is 0 Å². The van der Waals surface area contributed by atoms with Crippen molar-refractivity contribution in [3.63, 3.8) is 0 Å². The Kier molecular flexibility index (Phi) is 20.0. The zero-order valence-corrected chi connectivity index (χ0v) is 29.1. The number of carboxylic acids is 1. The summed E-state index contributed by atoms with van der Waals surface area (Å²) in [5.74, 6) is -0.539. The van der Waals surface area contributed by atoms with Crippen molar-refractivity contribution < 1.29 is 39.5 Å². The Morgan fingerprint density at radius 1 is 0.750 bits per heavy atom. The van der Waals surface area contributed by atoms with Crippen molar-refractivity contribution >= 4 is 60.6 Å². The van der Waals surface area contributed by atoms with E-state index in [4.69, 9.17) is 15.6 Å². The molecule has 0 atom stereocenters. The Balaban J connectivity index is 0.000000580. The summed E-state index contributed by atoms with van der Waals surface area (Å²) in [7, 11) is 4.07. The Morgan fingerprint density at radius 3 is 1.45 bits per heavy atom. The molecule has 0 aliphatic rings. The van der Waals surface area contributed by atoms with Crippen molar-refractivity contribution in [2.75, 3.05) is 24.7 Å². The van der Waals surface area contributed by atoms with E-state index in [-0.39, 0.29) is 29.6 Å². The fraction of sp³-hybridized carbons (Fsp3) is 0.194. The molecule has 40 heavy (non-hydrogen) atoms. The predicted octanol–water partition coefficient (Wildman–Crippen LogP) is 5.53. The Bertz CT molecular complexity index is 1230. The molecule has 0 saturated heterocycles. The first kappa shape index (κ1) is 37.5. The maximum absolute atomic E-state index is 8.89. The molecule has 0 unspecified atom stereocenters. The van der Waals surface area contributed by atoms with Crippen LogP contribution in [0.15, 0.2) is 122 Å². The van der Waals surface area contributed by atoms with Crippen molar-refractivity contribution in [1.82, 2.24) is 0 Å². The summed E-state index contributed by atoms with van der Waals surface area (Å²) in [4.78, 5) is 11.0. The van der Waals surface area contributed by atoms with E-state index in [1.165, 1.54) is 11.3 Å². The van der Waals surface area contributed by atoms with E-state index in [0.29, 0.717) is 5.92 Å². The number of benzene rings is 4. The molecule has 0 radical (unpaired) electrons. The minimum absolute atomic E-state index is 0. The topological polar surface area (TPSA) is 94.1 Å². The van der Waals surface area contributed by atoms with Crippen LogP contribution >= 0.6 is 31.9 Å². The van der Waals surface area contributed by atoms with Crippen LogP contribution in [0.4, 0.5) is 22.7 Å². The predicted molar refractivity (Wildman–Crippen MR) is 169 cm³/mol. The van der Waals surface area contributed by atoms with E-state index in [1.54, 1.807) is 0 Å². The van der Waals surface area contributed by atoms with Gasteiger partial charge in [0.05, 0.1) is 11.4 Å². The fourth-order valence-corrected chi connectivity index (χ4v) is 3.27. The second-order valence-electron chi connectivity index (χ2n) is 8.70. The first-order valence-electron chi connectivity index (χ1n) is 12.2. The molecule has 0 fully saturated rings. The summed E-state index contributed by atoms with van der Waals surface area (Å²) in [5.41, 5.74) is 10.5. The molecule has 9 heteroatoms. The average Bonchev–Trinajstić information content (AvgIpc) is 2.91. The number of azo groups is 1. The van der Waals surface area contributed by atoms with E-state index in [9.17, 15) is 0 Å². The summed E-state index contributed by atoms with van der Waals surface area (Å²) >= 11 is 6.68. The third kappa shape index (κ3) is 18.0. The summed E-state index contributed by atoms with van der Waals surface area (Å²) in [6.07, 6.45) is 0. The number of nitrogens with two attached hydrogens (primary N) is 1. The van der Waals surface area contributed by atoms with Crippen molar-refractivity contribution in [2.24, 2.45) is 10.2 Å². The number of hydrogen-bond donors (Lipinski definition) is 1. The standard InChI is InChI=1S/C15H15BrN2.C8H11N.C6H6BrN.C2H4O2.Na/c1-11(2)12-3-7-14(8-4-12)17-18-15-9-5-13(16)6-10-15;1-9(2)8-6-4-3-5-7-8;7-5-1-3-6(8)4-2-5;1-2(3)4;/h3-11H,1-2H3;3-7H,1-2H3;1-4H,8H2;1H3,(H,3,4);/q;;;;+1/p-1. The number of carbonyl (C=O) groups is 1. The molecule has 2 N–H and O–H groups in total. The third-order valence-electron chi connectivity index (χ3n) is 4.81. The third-order valence-corrected chi connectivity index (χ3v) is 5.87. The molecule has 0 aliphatic heterocycles. The first-order chi connectivity index (χ1) is 18.5. The van der Waals surface area contributed by atoms with Crippen LogP contribution in [0.2, 0.25) is 0 Å². The number of rotatable bonds is 4. The van der Waals surface area contributed by atoms with E-state index in [2.05, 4.69) is 85.1 Å². The van der Waals surface area contributed by atoms with E-state index >= 15 is 0 Å². The van der Waals surface area contributed by atoms with Crippen LogP contribution in [0.1, 0.15) is 32.3 Å². The number of anilines is 2. The van der Waals surface area contributed by atoms with Gasteiger partial charge in [0.1, 0.15) is 0 Å². The largest absolute Gasteiger partial charge is 1.00 e. The number of nitrogens with zero attached hydrogens (tertiary/aromatic N) is 3. The minimum Gasteiger partial charge on any atom is -0.550 e. The Morgan fingerprint density at radius 2 is 1.12 bits per heavy atom. The second kappa shape index (κ2) is 21.3. The van der Waals surface area contributed by atoms with Crippen molar-refractivity contribution in [1.29, 1.82) is 0 Å². The molecule has 0 amide bonds. The van der Waals surface area contributed by atoms with E-state index in [0.717, 1.165) is 32.9 Å². The molecular weight excluding hydrogens is 643 g/mol. The number of nitrogen functional groups attached to an aromatic ring is 1. The molecule has 0 heterocycles. The number of carbonyl (C=O) groups excluding carboxylic acids is 1. The van der Waals surface area contributed by atoms with Gasteiger partial charge in [0, 0.05) is 40.4 Å². The van der Waals surface area contributed by atoms with Gasteiger partial charge in [-0.3, -0.25) is 0 Å². The number of hydrogen-bond acceptors (Lipinski definition) is 6. The Hall–Kier alpha value is -2.49. The SMILES string of the molecule is CC(=O)[O-].CC(C)c1ccc(N=Nc2ccc(Br)cc2)cc1.CN(C)c1ccccc1.Nc1ccc(Br)cc1.[Na+]. The van der Waals surface area contributed by atoms with Gasteiger partial charge in [-0.2, -0.15) is 10.2 Å². The van der Waals surface area contributed by atoms with Gasteiger partial charge in [0.25, 0.3) is 0 Å². The van der Waals surface area contributed by atoms with Crippen molar-refractivity contribution in [3.8, 4) is 0 Å². The maximum atomic E-state index is 8.89. The number of para-hydroxylation sites is 1. The zero-order valence-electron chi connectivity index (χ0n) is 23.9. The molecule has 0 saturated carbocycles. The summed E-state index contributed by atoms with van der Waals surface area (Å²) in [6.45, 7) is 5.33. The van der Waals surface area contributed by atoms with Crippen LogP contribution < -0.4 is 45.3 Å². The van der Waals surface area contributed by atoms with Crippen molar-refractivity contribution in [2.45, 2.75) is 26.7 Å². The fourth-order valence-electron chi connectivity index (χ4n) is 2.74. The van der Waals surface area contributed by atoms with Crippen molar-refractivity contribution in [3.05, 3.63) is 118 Å². The van der Waals surface area contributed by atoms with Gasteiger partial charge >= 0.3 is 29.6 Å². The van der Waals surface area contributed by atoms with Gasteiger partial charge in [-0.15, -0.1) is 0 Å². The van der Waals surface area contributed by atoms with Gasteiger partial charge in [-0.1, -0.05) is 76.0 Å². The summed E-state index contributed by atoms with van der Waals surface area (Å²) in [6, 6.07) is 33.7. The molecule has 4 aromatic carbocycles. The number of aliphatic carboxylic acids is 1. The van der Waals surface area contributed by atoms with Crippen LogP contribution in [-0.4, -0.2) is 20.1 Å². The van der Waals surface area contributed by atoms with Crippen LogP contribution in [-0.2, 0) is 4.79 Å². The van der Waals surface area contributed by atoms with E-state index < -0.39 is 5.97 Å². The molecule has 206 valence electrons. The minimum atomic E-state index is -1.08. The zero-order chi connectivity index (χ0) is 29.2. The van der Waals surface area contributed by atoms with Gasteiger partial charge in [0.2, 0.25) is 0 Å². The molecular formula is C31H35Br2N4NaO2. The van der Waals surface area contributed by atoms with Crippen LogP contribution in [0, 0.1) is 0 Å². The van der Waals surface area contributed by atoms with Crippen LogP contribution in [0.25, 0.3) is 0 Å². The molecule has 4 rings (SSSR count). The van der Waals surface area contributed by atoms with E-state index in [1.807, 2.05) is 93.0 Å². The monoisotopic (exact) mass is 676 g/mol. The molecule has 4 aromatic rings. The smallest absolute Gasteiger partial charge is 0.550 e. The molecule has 0 aliphatic carbocycles. The summed E-state index contributed by atoms with van der Waals surface area (Å²) < 4.78 is 2.11. The van der Waals surface area contributed by atoms with Gasteiger partial charge < -0.3 is 20.5 Å². The normalized spacial score (nSPS) is 9.60. The first-order valence-corrected chi connectivity index (χ1v) is 13.7. The molecule has 0 bridgehead atoms. The number of carboxylic acid groups (broad SMARTS) is 1. The quantitative estimate of drug-likeness (QED) is 0.175. The summed E-state index contributed by atoms with van der Waals surface area (Å²) in [5, 5.41) is 17.3. The molecule has 6 nitrogen and oxygen atoms in total. The average molecular weight is 678 g/mol. The second-order valence-corrected chi connectivity index (χ2v) is 10.5. The van der Waals surface area contributed by atoms with Gasteiger partial charge in [-0.25, -0.2) is 0 Å². The molecule has 0 aromatic heterocycles. The van der Waals surface area contributed by atoms with Crippen LogP contribution in [0.5, 0.6) is 0 Å². The van der Waals surface area contributed by atoms with Crippen LogP contribution in [0.3, 0.4) is 0 Å². The maximum Gasteiger partial charge on any atom is 1.00 e. The van der Waals surface area contributed by atoms with Gasteiger partial charge in [-0.05, 0) is 91.2 Å². The molecule has 0 spiro atoms. The number of halogens is 2. The Labute approximate surface area is 277 Å².